The van der Waals surface area contributed by atoms with Gasteiger partial charge in [-0.3, -0.25) is 0 Å². The van der Waals surface area contributed by atoms with Crippen molar-refractivity contribution in [3.05, 3.63) is 5.82 Å². The number of alkyl halides is 1. The Labute approximate surface area is 89.6 Å². The number of aryl methyl sites for hydroxylation is 2. The van der Waals surface area contributed by atoms with Gasteiger partial charge >= 0.3 is 0 Å². The third-order valence-corrected chi connectivity index (χ3v) is 2.88. The Hall–Kier alpha value is -0.640. The molecule has 0 saturated heterocycles. The molecular formula is C9H17ClN4. The normalized spacial score (nSPS) is 13.5. The van der Waals surface area contributed by atoms with Crippen LogP contribution in [0.5, 0.6) is 0 Å². The maximum absolute atomic E-state index is 6.13. The highest BCUT2D eigenvalue weighted by atomic mass is 35.5. The molecular weight excluding hydrogens is 200 g/mol. The fourth-order valence-electron chi connectivity index (χ4n) is 1.21. The monoisotopic (exact) mass is 216 g/mol. The molecule has 4 nitrogen and oxygen atoms in total. The van der Waals surface area contributed by atoms with Crippen LogP contribution in [-0.2, 0) is 13.5 Å². The minimum Gasteiger partial charge on any atom is -0.167 e. The van der Waals surface area contributed by atoms with Gasteiger partial charge in [0.05, 0.1) is 7.05 Å². The molecule has 0 aliphatic carbocycles. The number of halogens is 1. The summed E-state index contributed by atoms with van der Waals surface area (Å²) >= 11 is 6.13. The first kappa shape index (κ1) is 11.4. The second-order valence-corrected chi connectivity index (χ2v) is 4.41. The summed E-state index contributed by atoms with van der Waals surface area (Å²) in [6.45, 7) is 4.27. The second-order valence-electron chi connectivity index (χ2n) is 3.85. The summed E-state index contributed by atoms with van der Waals surface area (Å²) in [5.41, 5.74) is 0. The number of hydrogen-bond donors (Lipinski definition) is 0. The van der Waals surface area contributed by atoms with Gasteiger partial charge in [0.25, 0.3) is 0 Å². The van der Waals surface area contributed by atoms with Crippen molar-refractivity contribution in [2.75, 3.05) is 0 Å². The number of rotatable bonds is 5. The quantitative estimate of drug-likeness (QED) is 0.705. The minimum atomic E-state index is 0.256. The Bertz CT molecular complexity index is 272. The zero-order valence-corrected chi connectivity index (χ0v) is 9.70. The van der Waals surface area contributed by atoms with E-state index < -0.39 is 0 Å². The van der Waals surface area contributed by atoms with Gasteiger partial charge in [0.15, 0.2) is 5.82 Å². The first-order valence-electron chi connectivity index (χ1n) is 4.96. The number of aromatic nitrogens is 4. The lowest BCUT2D eigenvalue weighted by molar-refractivity contribution is 0.542. The molecule has 5 heteroatoms. The zero-order valence-electron chi connectivity index (χ0n) is 8.94. The van der Waals surface area contributed by atoms with E-state index in [1.165, 1.54) is 4.80 Å². The largest absolute Gasteiger partial charge is 0.174 e. The highest BCUT2D eigenvalue weighted by molar-refractivity contribution is 6.20. The molecule has 0 N–H and O–H groups in total. The number of tetrazole rings is 1. The molecule has 0 aliphatic heterocycles. The van der Waals surface area contributed by atoms with E-state index in [-0.39, 0.29) is 5.38 Å². The van der Waals surface area contributed by atoms with Crippen LogP contribution in [0.15, 0.2) is 0 Å². The minimum absolute atomic E-state index is 0.256. The van der Waals surface area contributed by atoms with E-state index >= 15 is 0 Å². The van der Waals surface area contributed by atoms with Crippen molar-refractivity contribution in [1.29, 1.82) is 0 Å². The Balaban J connectivity index is 2.22. The Morgan fingerprint density at radius 3 is 2.64 bits per heavy atom. The van der Waals surface area contributed by atoms with Gasteiger partial charge in [0.2, 0.25) is 0 Å². The van der Waals surface area contributed by atoms with Crippen molar-refractivity contribution in [3.8, 4) is 0 Å². The summed E-state index contributed by atoms with van der Waals surface area (Å²) in [5, 5.41) is 12.0. The van der Waals surface area contributed by atoms with Gasteiger partial charge in [-0.1, -0.05) is 13.8 Å². The lowest BCUT2D eigenvalue weighted by Gasteiger charge is -2.11. The van der Waals surface area contributed by atoms with Crippen LogP contribution in [0.3, 0.4) is 0 Å². The van der Waals surface area contributed by atoms with Gasteiger partial charge in [-0.25, -0.2) is 0 Å². The van der Waals surface area contributed by atoms with Gasteiger partial charge in [0, 0.05) is 11.8 Å². The third-order valence-electron chi connectivity index (χ3n) is 2.15. The molecule has 0 aromatic carbocycles. The van der Waals surface area contributed by atoms with Crippen LogP contribution in [0, 0.1) is 5.92 Å². The van der Waals surface area contributed by atoms with Gasteiger partial charge in [0.1, 0.15) is 0 Å². The first-order chi connectivity index (χ1) is 6.59. The van der Waals surface area contributed by atoms with Crippen molar-refractivity contribution >= 4 is 11.6 Å². The van der Waals surface area contributed by atoms with Crippen LogP contribution in [-0.4, -0.2) is 25.6 Å². The Morgan fingerprint density at radius 2 is 2.14 bits per heavy atom. The highest BCUT2D eigenvalue weighted by Crippen LogP contribution is 2.16. The molecule has 0 amide bonds. The van der Waals surface area contributed by atoms with Crippen molar-refractivity contribution in [1.82, 2.24) is 20.2 Å². The van der Waals surface area contributed by atoms with E-state index in [1.807, 2.05) is 0 Å². The van der Waals surface area contributed by atoms with Crippen LogP contribution < -0.4 is 0 Å². The van der Waals surface area contributed by atoms with Gasteiger partial charge in [-0.15, -0.1) is 21.8 Å². The Kier molecular flexibility index (Phi) is 4.32. The summed E-state index contributed by atoms with van der Waals surface area (Å²) in [5.74, 6) is 1.34. The fourth-order valence-corrected chi connectivity index (χ4v) is 1.37. The molecule has 0 aliphatic rings. The van der Waals surface area contributed by atoms with Crippen LogP contribution in [0.1, 0.15) is 32.5 Å². The predicted octanol–water partition coefficient (Wildman–Crippen LogP) is 1.80. The van der Waals surface area contributed by atoms with Crippen molar-refractivity contribution in [3.63, 3.8) is 0 Å². The summed E-state index contributed by atoms with van der Waals surface area (Å²) in [6, 6.07) is 0. The van der Waals surface area contributed by atoms with Gasteiger partial charge in [-0.05, 0) is 24.0 Å². The maximum Gasteiger partial charge on any atom is 0.174 e. The molecule has 14 heavy (non-hydrogen) atoms. The third kappa shape index (κ3) is 3.62. The smallest absolute Gasteiger partial charge is 0.167 e. The highest BCUT2D eigenvalue weighted by Gasteiger charge is 2.09. The summed E-state index contributed by atoms with van der Waals surface area (Å²) in [4.78, 5) is 1.48. The van der Waals surface area contributed by atoms with Crippen molar-refractivity contribution < 1.29 is 0 Å². The Morgan fingerprint density at radius 1 is 1.43 bits per heavy atom. The van der Waals surface area contributed by atoms with E-state index in [0.29, 0.717) is 5.92 Å². The SMILES string of the molecule is CC(C)C(Cl)CCCc1nnn(C)n1. The maximum atomic E-state index is 6.13. The average molecular weight is 217 g/mol. The molecule has 80 valence electrons. The van der Waals surface area contributed by atoms with Crippen LogP contribution in [0.25, 0.3) is 0 Å². The van der Waals surface area contributed by atoms with Crippen LogP contribution >= 0.6 is 11.6 Å². The molecule has 1 unspecified atom stereocenters. The second kappa shape index (κ2) is 5.29. The predicted molar refractivity (Wildman–Crippen MR) is 56.2 cm³/mol. The zero-order chi connectivity index (χ0) is 10.6. The van der Waals surface area contributed by atoms with E-state index in [2.05, 4.69) is 29.3 Å². The molecule has 1 heterocycles. The van der Waals surface area contributed by atoms with E-state index in [1.54, 1.807) is 7.05 Å². The first-order valence-corrected chi connectivity index (χ1v) is 5.40. The van der Waals surface area contributed by atoms with Crippen LogP contribution in [0.2, 0.25) is 0 Å². The molecule has 0 radical (unpaired) electrons. The van der Waals surface area contributed by atoms with E-state index in [4.69, 9.17) is 11.6 Å². The molecule has 1 atom stereocenters. The molecule has 1 aromatic heterocycles. The van der Waals surface area contributed by atoms with E-state index in [0.717, 1.165) is 25.1 Å². The number of hydrogen-bond acceptors (Lipinski definition) is 3. The average Bonchev–Trinajstić information content (AvgIpc) is 2.51. The van der Waals surface area contributed by atoms with Crippen LogP contribution in [0.4, 0.5) is 0 Å². The molecule has 0 spiro atoms. The van der Waals surface area contributed by atoms with Gasteiger partial charge in [-0.2, -0.15) is 4.80 Å². The summed E-state index contributed by atoms with van der Waals surface area (Å²) < 4.78 is 0. The molecule has 0 bridgehead atoms. The van der Waals surface area contributed by atoms with Crippen molar-refractivity contribution in [2.45, 2.75) is 38.5 Å². The molecule has 1 aromatic rings. The lowest BCUT2D eigenvalue weighted by Crippen LogP contribution is -2.08. The molecule has 0 fully saturated rings. The van der Waals surface area contributed by atoms with E-state index in [9.17, 15) is 0 Å². The standard InChI is InChI=1S/C9H17ClN4/c1-7(2)8(10)5-4-6-9-11-13-14(3)12-9/h7-8H,4-6H2,1-3H3. The lowest BCUT2D eigenvalue weighted by atomic mass is 10.0. The summed E-state index contributed by atoms with van der Waals surface area (Å²) in [7, 11) is 1.77. The van der Waals surface area contributed by atoms with Gasteiger partial charge < -0.3 is 0 Å². The fraction of sp³-hybridized carbons (Fsp3) is 0.889. The topological polar surface area (TPSA) is 43.6 Å². The molecule has 1 rings (SSSR count). The molecule has 0 saturated carbocycles. The number of nitrogens with zero attached hydrogens (tertiary/aromatic N) is 4. The summed E-state index contributed by atoms with van der Waals surface area (Å²) in [6.07, 6.45) is 2.90. The van der Waals surface area contributed by atoms with Crippen molar-refractivity contribution in [2.24, 2.45) is 13.0 Å².